The topological polar surface area (TPSA) is 89.2 Å². The largest absolute Gasteiger partial charge is 0.484 e. The van der Waals surface area contributed by atoms with Crippen molar-refractivity contribution < 1.29 is 18.7 Å². The van der Waals surface area contributed by atoms with Crippen molar-refractivity contribution in [3.05, 3.63) is 66.7 Å². The van der Waals surface area contributed by atoms with Gasteiger partial charge >= 0.3 is 0 Å². The fourth-order valence-corrected chi connectivity index (χ4v) is 2.95. The Balaban J connectivity index is 1.25. The van der Waals surface area contributed by atoms with E-state index in [9.17, 15) is 4.79 Å². The summed E-state index contributed by atoms with van der Waals surface area (Å²) in [4.78, 5) is 17.8. The van der Waals surface area contributed by atoms with E-state index in [-0.39, 0.29) is 12.5 Å². The van der Waals surface area contributed by atoms with E-state index >= 15 is 0 Å². The lowest BCUT2D eigenvalue weighted by atomic mass is 10.2. The summed E-state index contributed by atoms with van der Waals surface area (Å²) in [5.74, 6) is 1.34. The van der Waals surface area contributed by atoms with Crippen molar-refractivity contribution in [2.24, 2.45) is 5.10 Å². The lowest BCUT2D eigenvalue weighted by molar-refractivity contribution is -0.137. The van der Waals surface area contributed by atoms with E-state index in [1.807, 2.05) is 48.5 Å². The molecule has 0 bridgehead atoms. The van der Waals surface area contributed by atoms with Crippen LogP contribution in [0, 0.1) is 0 Å². The molecule has 1 fully saturated rings. The highest BCUT2D eigenvalue weighted by Crippen LogP contribution is 2.20. The Kier molecular flexibility index (Phi) is 6.36. The number of carbonyl (C=O) groups excluding carboxylic acids is 1. The first-order valence-corrected chi connectivity index (χ1v) is 9.64. The standard InChI is InChI=1S/C22H22N4O4/c27-22(26-9-11-28-12-10-26)15-29-20-7-1-17(2-8-20)13-24-25-19-5-3-18(4-6-19)21-14-23-16-30-21/h1-8,13-14,16,25H,9-12,15H2. The van der Waals surface area contributed by atoms with Crippen LogP contribution in [-0.4, -0.2) is 54.9 Å². The van der Waals surface area contributed by atoms with Gasteiger partial charge in [0.25, 0.3) is 5.91 Å². The van der Waals surface area contributed by atoms with Crippen LogP contribution in [0.5, 0.6) is 5.75 Å². The van der Waals surface area contributed by atoms with E-state index in [4.69, 9.17) is 13.9 Å². The summed E-state index contributed by atoms with van der Waals surface area (Å²) in [6.07, 6.45) is 4.80. The number of hydrazone groups is 1. The second-order valence-electron chi connectivity index (χ2n) is 6.66. The Hall–Kier alpha value is -3.65. The molecule has 154 valence electrons. The SMILES string of the molecule is O=C(COc1ccc(C=NNc2ccc(-c3cnco3)cc2)cc1)N1CCOCC1. The summed E-state index contributed by atoms with van der Waals surface area (Å²) >= 11 is 0. The van der Waals surface area contributed by atoms with E-state index in [1.54, 1.807) is 17.3 Å². The van der Waals surface area contributed by atoms with Crippen LogP contribution in [0.25, 0.3) is 11.3 Å². The maximum absolute atomic E-state index is 12.1. The number of benzene rings is 2. The molecule has 2 aromatic carbocycles. The van der Waals surface area contributed by atoms with E-state index in [0.29, 0.717) is 32.1 Å². The van der Waals surface area contributed by atoms with E-state index in [0.717, 1.165) is 22.6 Å². The summed E-state index contributed by atoms with van der Waals surface area (Å²) in [5, 5.41) is 4.25. The monoisotopic (exact) mass is 406 g/mol. The number of ether oxygens (including phenoxy) is 2. The molecule has 3 aromatic rings. The van der Waals surface area contributed by atoms with Crippen molar-refractivity contribution in [1.29, 1.82) is 0 Å². The maximum Gasteiger partial charge on any atom is 0.260 e. The molecule has 0 aliphatic carbocycles. The fraction of sp³-hybridized carbons (Fsp3) is 0.227. The molecule has 1 amide bonds. The highest BCUT2D eigenvalue weighted by molar-refractivity contribution is 5.80. The summed E-state index contributed by atoms with van der Waals surface area (Å²) in [6, 6.07) is 15.1. The molecule has 1 aromatic heterocycles. The minimum Gasteiger partial charge on any atom is -0.484 e. The fourth-order valence-electron chi connectivity index (χ4n) is 2.95. The molecule has 4 rings (SSSR count). The molecule has 1 saturated heterocycles. The first-order valence-electron chi connectivity index (χ1n) is 9.64. The van der Waals surface area contributed by atoms with Gasteiger partial charge in [0.1, 0.15) is 5.75 Å². The molecule has 8 nitrogen and oxygen atoms in total. The third-order valence-corrected chi connectivity index (χ3v) is 4.62. The number of nitrogens with one attached hydrogen (secondary N) is 1. The molecular weight excluding hydrogens is 384 g/mol. The molecule has 1 N–H and O–H groups in total. The van der Waals surface area contributed by atoms with E-state index in [2.05, 4.69) is 15.5 Å². The smallest absolute Gasteiger partial charge is 0.260 e. The van der Waals surface area contributed by atoms with Gasteiger partial charge in [-0.2, -0.15) is 5.10 Å². The zero-order chi connectivity index (χ0) is 20.6. The lowest BCUT2D eigenvalue weighted by Crippen LogP contribution is -2.42. The number of rotatable bonds is 7. The van der Waals surface area contributed by atoms with Gasteiger partial charge in [-0.3, -0.25) is 10.2 Å². The number of aromatic nitrogens is 1. The van der Waals surface area contributed by atoms with Crippen LogP contribution in [0.4, 0.5) is 5.69 Å². The number of carbonyl (C=O) groups is 1. The van der Waals surface area contributed by atoms with Crippen molar-refractivity contribution in [2.75, 3.05) is 38.3 Å². The molecular formula is C22H22N4O4. The number of nitrogens with zero attached hydrogens (tertiary/aromatic N) is 3. The lowest BCUT2D eigenvalue weighted by Gasteiger charge is -2.26. The Bertz CT molecular complexity index is 963. The van der Waals surface area contributed by atoms with Crippen LogP contribution < -0.4 is 10.2 Å². The van der Waals surface area contributed by atoms with Gasteiger partial charge in [-0.15, -0.1) is 0 Å². The minimum absolute atomic E-state index is 0.0255. The van der Waals surface area contributed by atoms with Crippen LogP contribution in [0.1, 0.15) is 5.56 Å². The van der Waals surface area contributed by atoms with Crippen LogP contribution in [0.2, 0.25) is 0 Å². The third-order valence-electron chi connectivity index (χ3n) is 4.62. The van der Waals surface area contributed by atoms with E-state index < -0.39 is 0 Å². The molecule has 1 aliphatic heterocycles. The van der Waals surface area contributed by atoms with E-state index in [1.165, 1.54) is 6.39 Å². The molecule has 8 heteroatoms. The van der Waals surface area contributed by atoms with Gasteiger partial charge in [0, 0.05) is 18.7 Å². The van der Waals surface area contributed by atoms with Crippen LogP contribution in [0.15, 0.2) is 70.6 Å². The average molecular weight is 406 g/mol. The average Bonchev–Trinajstić information content (AvgIpc) is 3.34. The van der Waals surface area contributed by atoms with Gasteiger partial charge in [-0.25, -0.2) is 4.98 Å². The predicted molar refractivity (Wildman–Crippen MR) is 112 cm³/mol. The zero-order valence-corrected chi connectivity index (χ0v) is 16.4. The molecule has 0 radical (unpaired) electrons. The molecule has 0 atom stereocenters. The number of hydrogen-bond donors (Lipinski definition) is 1. The highest BCUT2D eigenvalue weighted by atomic mass is 16.5. The van der Waals surface area contributed by atoms with Gasteiger partial charge < -0.3 is 18.8 Å². The maximum atomic E-state index is 12.1. The van der Waals surface area contributed by atoms with Gasteiger partial charge in [0.2, 0.25) is 0 Å². The second kappa shape index (κ2) is 9.71. The Morgan fingerprint density at radius 2 is 1.90 bits per heavy atom. The van der Waals surface area contributed by atoms with Crippen LogP contribution in [0.3, 0.4) is 0 Å². The summed E-state index contributed by atoms with van der Waals surface area (Å²) in [5.41, 5.74) is 5.70. The number of anilines is 1. The number of amides is 1. The first-order chi connectivity index (χ1) is 14.8. The second-order valence-corrected chi connectivity index (χ2v) is 6.66. The highest BCUT2D eigenvalue weighted by Gasteiger charge is 2.17. The van der Waals surface area contributed by atoms with Crippen molar-refractivity contribution in [3.8, 4) is 17.1 Å². The summed E-state index contributed by atoms with van der Waals surface area (Å²) in [6.45, 7) is 2.43. The van der Waals surface area contributed by atoms with Crippen LogP contribution in [-0.2, 0) is 9.53 Å². The normalized spacial score (nSPS) is 14.1. The number of hydrogen-bond acceptors (Lipinski definition) is 7. The van der Waals surface area contributed by atoms with Gasteiger partial charge in [0.05, 0.1) is 31.3 Å². The number of morpholine rings is 1. The van der Waals surface area contributed by atoms with Crippen molar-refractivity contribution in [1.82, 2.24) is 9.88 Å². The third kappa shape index (κ3) is 5.24. The van der Waals surface area contributed by atoms with Crippen LogP contribution >= 0.6 is 0 Å². The number of oxazole rings is 1. The van der Waals surface area contributed by atoms with Crippen molar-refractivity contribution >= 4 is 17.8 Å². The quantitative estimate of drug-likeness (QED) is 0.479. The zero-order valence-electron chi connectivity index (χ0n) is 16.4. The summed E-state index contributed by atoms with van der Waals surface area (Å²) in [7, 11) is 0. The molecule has 1 aliphatic rings. The Morgan fingerprint density at radius 3 is 2.60 bits per heavy atom. The predicted octanol–water partition coefficient (Wildman–Crippen LogP) is 3.03. The molecule has 0 spiro atoms. The Labute approximate surface area is 174 Å². The van der Waals surface area contributed by atoms with Crippen molar-refractivity contribution in [2.45, 2.75) is 0 Å². The van der Waals surface area contributed by atoms with Gasteiger partial charge in [0.15, 0.2) is 18.8 Å². The minimum atomic E-state index is -0.0255. The molecule has 0 saturated carbocycles. The molecule has 0 unspecified atom stereocenters. The van der Waals surface area contributed by atoms with Gasteiger partial charge in [-0.1, -0.05) is 0 Å². The van der Waals surface area contributed by atoms with Crippen molar-refractivity contribution in [3.63, 3.8) is 0 Å². The van der Waals surface area contributed by atoms with Gasteiger partial charge in [-0.05, 0) is 54.1 Å². The summed E-state index contributed by atoms with van der Waals surface area (Å²) < 4.78 is 16.1. The first kappa shape index (κ1) is 19.7. The molecule has 2 heterocycles. The molecule has 30 heavy (non-hydrogen) atoms. The Morgan fingerprint density at radius 1 is 1.13 bits per heavy atom.